The Morgan fingerprint density at radius 3 is 2.31 bits per heavy atom. The van der Waals surface area contributed by atoms with Crippen LogP contribution in [0.2, 0.25) is 0 Å². The smallest absolute Gasteiger partial charge is 0.251 e. The monoisotopic (exact) mass is 385 g/mol. The van der Waals surface area contributed by atoms with E-state index in [2.05, 4.69) is 15.4 Å². The second-order valence-corrected chi connectivity index (χ2v) is 7.70. The number of carbonyl (C=O) groups is 2. The normalized spacial score (nSPS) is 13.7. The average molecular weight is 385 g/mol. The van der Waals surface area contributed by atoms with Crippen LogP contribution >= 0.6 is 0 Å². The lowest BCUT2D eigenvalue weighted by Crippen LogP contribution is -2.45. The van der Waals surface area contributed by atoms with Crippen molar-refractivity contribution in [3.63, 3.8) is 0 Å². The second kappa shape index (κ2) is 10.2. The summed E-state index contributed by atoms with van der Waals surface area (Å²) < 4.78 is 31.9. The molecule has 0 aliphatic heterocycles. The molecule has 1 aromatic rings. The van der Waals surface area contributed by atoms with Crippen LogP contribution in [0.5, 0.6) is 0 Å². The number of ether oxygens (including phenoxy) is 1. The van der Waals surface area contributed by atoms with Gasteiger partial charge in [-0.3, -0.25) is 9.59 Å². The molecule has 0 bridgehead atoms. The van der Waals surface area contributed by atoms with E-state index < -0.39 is 22.0 Å². The summed E-state index contributed by atoms with van der Waals surface area (Å²) in [5.41, 5.74) is 0.268. The molecular weight excluding hydrogens is 358 g/mol. The predicted molar refractivity (Wildman–Crippen MR) is 98.3 cm³/mol. The average Bonchev–Trinajstić information content (AvgIpc) is 2.59. The van der Waals surface area contributed by atoms with Crippen LogP contribution in [-0.4, -0.2) is 52.6 Å². The van der Waals surface area contributed by atoms with Gasteiger partial charge in [0, 0.05) is 25.3 Å². The summed E-state index contributed by atoms with van der Waals surface area (Å²) in [4.78, 5) is 24.0. The Morgan fingerprint density at radius 1 is 1.15 bits per heavy atom. The van der Waals surface area contributed by atoms with Gasteiger partial charge in [-0.2, -0.15) is 0 Å². The van der Waals surface area contributed by atoms with Crippen LogP contribution in [0.4, 0.5) is 0 Å². The van der Waals surface area contributed by atoms with Crippen molar-refractivity contribution in [3.8, 4) is 0 Å². The molecular formula is C17H27N3O5S. The van der Waals surface area contributed by atoms with Gasteiger partial charge in [0.05, 0.1) is 11.5 Å². The molecule has 0 saturated carbocycles. The van der Waals surface area contributed by atoms with Crippen LogP contribution in [-0.2, 0) is 19.6 Å². The van der Waals surface area contributed by atoms with E-state index in [-0.39, 0.29) is 29.0 Å². The molecule has 0 saturated heterocycles. The Labute approximate surface area is 154 Å². The molecule has 2 amide bonds. The van der Waals surface area contributed by atoms with Crippen molar-refractivity contribution < 1.29 is 22.7 Å². The first kappa shape index (κ1) is 22.1. The number of hydrogen-bond donors (Lipinski definition) is 3. The van der Waals surface area contributed by atoms with E-state index in [0.29, 0.717) is 6.54 Å². The van der Waals surface area contributed by atoms with E-state index in [9.17, 15) is 18.0 Å². The SMILES string of the molecule is CCCNC(=O)[C@H](C)NC(=O)c1ccc(S(=O)(=O)N[C@@H](C)COC)cc1. The maximum Gasteiger partial charge on any atom is 0.251 e. The van der Waals surface area contributed by atoms with Crippen LogP contribution in [0.25, 0.3) is 0 Å². The van der Waals surface area contributed by atoms with Gasteiger partial charge in [-0.25, -0.2) is 13.1 Å². The van der Waals surface area contributed by atoms with Gasteiger partial charge in [0.25, 0.3) is 5.91 Å². The standard InChI is InChI=1S/C17H27N3O5S/c1-5-10-18-16(21)13(3)19-17(22)14-6-8-15(9-7-14)26(23,24)20-12(2)11-25-4/h6-9,12-13,20H,5,10-11H2,1-4H3,(H,18,21)(H,19,22)/t12-,13-/m0/s1. The van der Waals surface area contributed by atoms with Crippen LogP contribution < -0.4 is 15.4 Å². The highest BCUT2D eigenvalue weighted by Crippen LogP contribution is 2.11. The zero-order chi connectivity index (χ0) is 19.7. The Morgan fingerprint density at radius 2 is 1.77 bits per heavy atom. The molecule has 0 heterocycles. The van der Waals surface area contributed by atoms with Crippen molar-refractivity contribution in [1.82, 2.24) is 15.4 Å². The van der Waals surface area contributed by atoms with Crippen LogP contribution in [0.15, 0.2) is 29.2 Å². The minimum atomic E-state index is -3.70. The van der Waals surface area contributed by atoms with Gasteiger partial charge in [0.2, 0.25) is 15.9 Å². The van der Waals surface area contributed by atoms with Crippen LogP contribution in [0.3, 0.4) is 0 Å². The molecule has 9 heteroatoms. The second-order valence-electron chi connectivity index (χ2n) is 5.99. The molecule has 26 heavy (non-hydrogen) atoms. The summed E-state index contributed by atoms with van der Waals surface area (Å²) >= 11 is 0. The molecule has 1 rings (SSSR count). The van der Waals surface area contributed by atoms with Crippen molar-refractivity contribution in [3.05, 3.63) is 29.8 Å². The molecule has 0 fully saturated rings. The third-order valence-electron chi connectivity index (χ3n) is 3.49. The first-order valence-electron chi connectivity index (χ1n) is 8.41. The zero-order valence-electron chi connectivity index (χ0n) is 15.5. The fourth-order valence-electron chi connectivity index (χ4n) is 2.15. The predicted octanol–water partition coefficient (Wildman–Crippen LogP) is 0.644. The van der Waals surface area contributed by atoms with Gasteiger partial charge in [-0.05, 0) is 44.5 Å². The van der Waals surface area contributed by atoms with E-state index in [4.69, 9.17) is 4.74 Å². The highest BCUT2D eigenvalue weighted by Gasteiger charge is 2.19. The fourth-order valence-corrected chi connectivity index (χ4v) is 3.38. The molecule has 0 aliphatic carbocycles. The maximum atomic E-state index is 12.2. The molecule has 0 aromatic heterocycles. The molecule has 8 nitrogen and oxygen atoms in total. The van der Waals surface area contributed by atoms with Gasteiger partial charge in [-0.1, -0.05) is 6.92 Å². The third-order valence-corrected chi connectivity index (χ3v) is 5.10. The lowest BCUT2D eigenvalue weighted by Gasteiger charge is -2.15. The number of methoxy groups -OCH3 is 1. The minimum absolute atomic E-state index is 0.0470. The lowest BCUT2D eigenvalue weighted by atomic mass is 10.2. The van der Waals surface area contributed by atoms with Gasteiger partial charge >= 0.3 is 0 Å². The molecule has 0 spiro atoms. The Kier molecular flexibility index (Phi) is 8.70. The van der Waals surface area contributed by atoms with Gasteiger partial charge in [-0.15, -0.1) is 0 Å². The van der Waals surface area contributed by atoms with Crippen molar-refractivity contribution in [2.24, 2.45) is 0 Å². The third kappa shape index (κ3) is 6.74. The van der Waals surface area contributed by atoms with Gasteiger partial charge in [0.1, 0.15) is 6.04 Å². The highest BCUT2D eigenvalue weighted by molar-refractivity contribution is 7.89. The summed E-state index contributed by atoms with van der Waals surface area (Å²) in [5.74, 6) is -0.718. The van der Waals surface area contributed by atoms with E-state index in [1.165, 1.54) is 31.4 Å². The molecule has 3 N–H and O–H groups in total. The fraction of sp³-hybridized carbons (Fsp3) is 0.529. The summed E-state index contributed by atoms with van der Waals surface area (Å²) in [7, 11) is -2.21. The van der Waals surface area contributed by atoms with Gasteiger partial charge in [0.15, 0.2) is 0 Å². The minimum Gasteiger partial charge on any atom is -0.383 e. The van der Waals surface area contributed by atoms with E-state index in [1.807, 2.05) is 6.92 Å². The number of sulfonamides is 1. The highest BCUT2D eigenvalue weighted by atomic mass is 32.2. The molecule has 146 valence electrons. The summed E-state index contributed by atoms with van der Waals surface area (Å²) in [6.45, 7) is 6.00. The van der Waals surface area contributed by atoms with Crippen LogP contribution in [0.1, 0.15) is 37.6 Å². The summed E-state index contributed by atoms with van der Waals surface area (Å²) in [6, 6.07) is 4.43. The Balaban J connectivity index is 2.74. The first-order valence-corrected chi connectivity index (χ1v) is 9.89. The Bertz CT molecular complexity index is 704. The topological polar surface area (TPSA) is 114 Å². The molecule has 0 unspecified atom stereocenters. The first-order chi connectivity index (χ1) is 12.2. The van der Waals surface area contributed by atoms with E-state index >= 15 is 0 Å². The van der Waals surface area contributed by atoms with Crippen molar-refractivity contribution in [1.29, 1.82) is 0 Å². The molecule has 2 atom stereocenters. The summed E-state index contributed by atoms with van der Waals surface area (Å²) in [6.07, 6.45) is 0.805. The number of benzene rings is 1. The Hall–Kier alpha value is -1.97. The van der Waals surface area contributed by atoms with Crippen molar-refractivity contribution >= 4 is 21.8 Å². The number of carbonyl (C=O) groups excluding carboxylic acids is 2. The lowest BCUT2D eigenvalue weighted by molar-refractivity contribution is -0.122. The number of rotatable bonds is 10. The quantitative estimate of drug-likeness (QED) is 0.547. The van der Waals surface area contributed by atoms with Crippen LogP contribution in [0, 0.1) is 0 Å². The summed E-state index contributed by atoms with van der Waals surface area (Å²) in [5, 5.41) is 5.27. The molecule has 0 aliphatic rings. The number of hydrogen-bond acceptors (Lipinski definition) is 5. The number of nitrogens with one attached hydrogen (secondary N) is 3. The molecule has 0 radical (unpaired) electrons. The number of amides is 2. The molecule has 1 aromatic carbocycles. The van der Waals surface area contributed by atoms with E-state index in [0.717, 1.165) is 6.42 Å². The van der Waals surface area contributed by atoms with E-state index in [1.54, 1.807) is 13.8 Å². The van der Waals surface area contributed by atoms with Gasteiger partial charge < -0.3 is 15.4 Å². The maximum absolute atomic E-state index is 12.2. The zero-order valence-corrected chi connectivity index (χ0v) is 16.4. The van der Waals surface area contributed by atoms with Crippen molar-refractivity contribution in [2.75, 3.05) is 20.3 Å². The van der Waals surface area contributed by atoms with Crippen molar-refractivity contribution in [2.45, 2.75) is 44.2 Å². The largest absolute Gasteiger partial charge is 0.383 e.